The van der Waals surface area contributed by atoms with Gasteiger partial charge < -0.3 is 15.7 Å². The van der Waals surface area contributed by atoms with Crippen LogP contribution in [-0.2, 0) is 0 Å². The first-order valence-corrected chi connectivity index (χ1v) is 6.41. The summed E-state index contributed by atoms with van der Waals surface area (Å²) >= 11 is 8.00. The maximum absolute atomic E-state index is 14.1. The first-order valence-electron chi connectivity index (χ1n) is 5.21. The summed E-state index contributed by atoms with van der Waals surface area (Å²) in [5.74, 6) is -0.385. The fraction of sp³-hybridized carbons (Fsp3) is 0.364. The molecule has 2 rings (SSSR count). The molecule has 6 heteroatoms. The van der Waals surface area contributed by atoms with Crippen molar-refractivity contribution in [1.82, 2.24) is 0 Å². The Bertz CT molecular complexity index is 469. The molecule has 0 saturated carbocycles. The lowest BCUT2D eigenvalue weighted by Crippen LogP contribution is -2.23. The van der Waals surface area contributed by atoms with Crippen LogP contribution < -0.4 is 10.6 Å². The minimum Gasteiger partial charge on any atom is -0.391 e. The first kappa shape index (κ1) is 12.7. The molecule has 92 valence electrons. The van der Waals surface area contributed by atoms with Crippen LogP contribution in [-0.4, -0.2) is 29.3 Å². The zero-order valence-corrected chi connectivity index (χ0v) is 11.4. The predicted octanol–water partition coefficient (Wildman–Crippen LogP) is 1.79. The van der Waals surface area contributed by atoms with E-state index in [1.807, 2.05) is 4.90 Å². The highest BCUT2D eigenvalue weighted by molar-refractivity contribution is 9.10. The molecule has 1 atom stereocenters. The van der Waals surface area contributed by atoms with E-state index in [4.69, 9.17) is 18.0 Å². The van der Waals surface area contributed by atoms with Gasteiger partial charge in [0.05, 0.1) is 16.3 Å². The van der Waals surface area contributed by atoms with Crippen LogP contribution in [0.4, 0.5) is 10.1 Å². The topological polar surface area (TPSA) is 49.5 Å². The molecule has 1 aliphatic heterocycles. The van der Waals surface area contributed by atoms with E-state index in [-0.39, 0.29) is 21.4 Å². The number of aliphatic hydroxyl groups excluding tert-OH is 1. The summed E-state index contributed by atoms with van der Waals surface area (Å²) in [4.78, 5) is 1.97. The van der Waals surface area contributed by atoms with E-state index in [1.165, 1.54) is 0 Å². The summed E-state index contributed by atoms with van der Waals surface area (Å²) in [6, 6.07) is 3.34. The minimum absolute atomic E-state index is 0.156. The van der Waals surface area contributed by atoms with Crippen LogP contribution in [0.25, 0.3) is 0 Å². The van der Waals surface area contributed by atoms with Gasteiger partial charge in [-0.3, -0.25) is 0 Å². The third-order valence-corrected chi connectivity index (χ3v) is 3.83. The van der Waals surface area contributed by atoms with Crippen molar-refractivity contribution in [3.63, 3.8) is 0 Å². The van der Waals surface area contributed by atoms with Gasteiger partial charge in [-0.1, -0.05) is 12.2 Å². The zero-order chi connectivity index (χ0) is 12.6. The van der Waals surface area contributed by atoms with Crippen molar-refractivity contribution in [2.45, 2.75) is 12.5 Å². The number of benzene rings is 1. The number of anilines is 1. The number of rotatable bonds is 2. The van der Waals surface area contributed by atoms with Crippen LogP contribution in [0, 0.1) is 5.82 Å². The van der Waals surface area contributed by atoms with Crippen molar-refractivity contribution >= 4 is 38.8 Å². The van der Waals surface area contributed by atoms with Gasteiger partial charge in [0.1, 0.15) is 4.99 Å². The second-order valence-electron chi connectivity index (χ2n) is 4.01. The fourth-order valence-corrected chi connectivity index (χ4v) is 2.78. The van der Waals surface area contributed by atoms with Gasteiger partial charge in [-0.25, -0.2) is 4.39 Å². The molecule has 1 unspecified atom stereocenters. The lowest BCUT2D eigenvalue weighted by Gasteiger charge is -2.20. The third kappa shape index (κ3) is 2.43. The lowest BCUT2D eigenvalue weighted by molar-refractivity contribution is 0.198. The SMILES string of the molecule is NC(=S)c1ccc(N2CCC(O)C2)c(F)c1Br. The molecule has 0 aliphatic carbocycles. The summed E-state index contributed by atoms with van der Waals surface area (Å²) < 4.78 is 14.4. The van der Waals surface area contributed by atoms with Crippen LogP contribution in [0.15, 0.2) is 16.6 Å². The monoisotopic (exact) mass is 318 g/mol. The van der Waals surface area contributed by atoms with E-state index in [9.17, 15) is 9.50 Å². The van der Waals surface area contributed by atoms with Crippen molar-refractivity contribution in [3.8, 4) is 0 Å². The predicted molar refractivity (Wildman–Crippen MR) is 72.8 cm³/mol. The van der Waals surface area contributed by atoms with Gasteiger partial charge in [-0.2, -0.15) is 0 Å². The molecule has 3 N–H and O–H groups in total. The third-order valence-electron chi connectivity index (χ3n) is 2.83. The number of halogens is 2. The fourth-order valence-electron chi connectivity index (χ4n) is 1.93. The molecule has 3 nitrogen and oxygen atoms in total. The van der Waals surface area contributed by atoms with Gasteiger partial charge in [-0.15, -0.1) is 0 Å². The molecule has 1 heterocycles. The second kappa shape index (κ2) is 4.88. The van der Waals surface area contributed by atoms with Crippen molar-refractivity contribution < 1.29 is 9.50 Å². The van der Waals surface area contributed by atoms with Crippen LogP contribution in [0.3, 0.4) is 0 Å². The van der Waals surface area contributed by atoms with Gasteiger partial charge >= 0.3 is 0 Å². The molecule has 0 amide bonds. The van der Waals surface area contributed by atoms with Crippen LogP contribution in [0.2, 0.25) is 0 Å². The summed E-state index contributed by atoms with van der Waals surface area (Å²) in [6.07, 6.45) is 0.275. The Labute approximate surface area is 113 Å². The summed E-state index contributed by atoms with van der Waals surface area (Å²) in [7, 11) is 0. The zero-order valence-electron chi connectivity index (χ0n) is 8.99. The largest absolute Gasteiger partial charge is 0.391 e. The van der Waals surface area contributed by atoms with E-state index >= 15 is 0 Å². The molecule has 1 aliphatic rings. The van der Waals surface area contributed by atoms with Gasteiger partial charge in [-0.05, 0) is 34.5 Å². The molecule has 1 aromatic carbocycles. The van der Waals surface area contributed by atoms with Crippen LogP contribution >= 0.6 is 28.1 Å². The van der Waals surface area contributed by atoms with Crippen molar-refractivity contribution in [3.05, 3.63) is 28.0 Å². The highest BCUT2D eigenvalue weighted by Gasteiger charge is 2.24. The highest BCUT2D eigenvalue weighted by atomic mass is 79.9. The smallest absolute Gasteiger partial charge is 0.161 e. The summed E-state index contributed by atoms with van der Waals surface area (Å²) in [6.45, 7) is 1.10. The first-order chi connectivity index (χ1) is 8.00. The Balaban J connectivity index is 2.37. The number of thiocarbonyl (C=S) groups is 1. The van der Waals surface area contributed by atoms with Crippen molar-refractivity contribution in [2.24, 2.45) is 5.73 Å². The Morgan fingerprint density at radius 3 is 2.82 bits per heavy atom. The minimum atomic E-state index is -0.386. The van der Waals surface area contributed by atoms with E-state index in [0.717, 1.165) is 0 Å². The standard InChI is InChI=1S/C11H12BrFN2OS/c12-9-7(11(14)17)1-2-8(10(9)13)15-4-3-6(16)5-15/h1-2,6,16H,3-5H2,(H2,14,17). The van der Waals surface area contributed by atoms with E-state index in [0.29, 0.717) is 30.8 Å². The Morgan fingerprint density at radius 1 is 1.59 bits per heavy atom. The number of hydrogen-bond donors (Lipinski definition) is 2. The van der Waals surface area contributed by atoms with Gasteiger partial charge in [0.15, 0.2) is 5.82 Å². The molecular weight excluding hydrogens is 307 g/mol. The molecule has 1 saturated heterocycles. The number of nitrogens with zero attached hydrogens (tertiary/aromatic N) is 1. The number of hydrogen-bond acceptors (Lipinski definition) is 3. The summed E-state index contributed by atoms with van der Waals surface area (Å²) in [5, 5.41) is 9.45. The molecule has 0 aromatic heterocycles. The van der Waals surface area contributed by atoms with E-state index in [1.54, 1.807) is 12.1 Å². The average molecular weight is 319 g/mol. The maximum Gasteiger partial charge on any atom is 0.161 e. The van der Waals surface area contributed by atoms with Crippen molar-refractivity contribution in [1.29, 1.82) is 0 Å². The van der Waals surface area contributed by atoms with Gasteiger partial charge in [0.2, 0.25) is 0 Å². The molecule has 0 spiro atoms. The quantitative estimate of drug-likeness (QED) is 0.816. The summed E-state index contributed by atoms with van der Waals surface area (Å²) in [5.41, 5.74) is 6.44. The number of aliphatic hydroxyl groups is 1. The number of nitrogens with two attached hydrogens (primary N) is 1. The number of β-amino-alcohol motifs (C(OH)–C–C–N with tert-alkyl or cyclic N) is 1. The van der Waals surface area contributed by atoms with E-state index in [2.05, 4.69) is 15.9 Å². The molecule has 0 radical (unpaired) electrons. The molecular formula is C11H12BrFN2OS. The maximum atomic E-state index is 14.1. The Hall–Kier alpha value is -0.720. The van der Waals surface area contributed by atoms with Gasteiger partial charge in [0.25, 0.3) is 0 Å². The van der Waals surface area contributed by atoms with Crippen LogP contribution in [0.1, 0.15) is 12.0 Å². The normalized spacial score (nSPS) is 19.7. The lowest BCUT2D eigenvalue weighted by atomic mass is 10.2. The Kier molecular flexibility index (Phi) is 3.65. The van der Waals surface area contributed by atoms with E-state index < -0.39 is 0 Å². The molecule has 0 bridgehead atoms. The molecule has 17 heavy (non-hydrogen) atoms. The highest BCUT2D eigenvalue weighted by Crippen LogP contribution is 2.31. The van der Waals surface area contributed by atoms with Crippen LogP contribution in [0.5, 0.6) is 0 Å². The average Bonchev–Trinajstić information content (AvgIpc) is 2.68. The Morgan fingerprint density at radius 2 is 2.29 bits per heavy atom. The second-order valence-corrected chi connectivity index (χ2v) is 5.25. The molecule has 1 aromatic rings. The van der Waals surface area contributed by atoms with Crippen molar-refractivity contribution in [2.75, 3.05) is 18.0 Å². The van der Waals surface area contributed by atoms with Gasteiger partial charge in [0, 0.05) is 18.7 Å². The molecule has 1 fully saturated rings.